The molecule has 0 aliphatic heterocycles. The standard InChI is InChI=1S/C26H20F10O/c1-4-14(3)18-19(27)21(29)23(22(30)20(18)28)37-17-11-9-16(10-12-17)24(25(31,32)33,26(34,35)36)15-7-5-13(2)6-8-15/h5-12,14H,4H2,1-3H3. The molecule has 0 saturated carbocycles. The highest BCUT2D eigenvalue weighted by Gasteiger charge is 2.72. The summed E-state index contributed by atoms with van der Waals surface area (Å²) >= 11 is 0. The van der Waals surface area contributed by atoms with Crippen molar-refractivity contribution in [2.45, 2.75) is 50.9 Å². The number of hydrogen-bond donors (Lipinski definition) is 0. The summed E-state index contributed by atoms with van der Waals surface area (Å²) in [5, 5.41) is 0. The van der Waals surface area contributed by atoms with Crippen molar-refractivity contribution in [3.05, 3.63) is 94.1 Å². The summed E-state index contributed by atoms with van der Waals surface area (Å²) in [7, 11) is 0. The number of halogens is 10. The fourth-order valence-corrected chi connectivity index (χ4v) is 4.03. The minimum atomic E-state index is -5.85. The molecule has 0 aliphatic rings. The van der Waals surface area contributed by atoms with Crippen molar-refractivity contribution >= 4 is 0 Å². The normalized spacial score (nSPS) is 13.5. The first kappa shape index (κ1) is 28.3. The van der Waals surface area contributed by atoms with Crippen molar-refractivity contribution in [1.82, 2.24) is 0 Å². The number of alkyl halides is 6. The van der Waals surface area contributed by atoms with E-state index in [4.69, 9.17) is 4.74 Å². The quantitative estimate of drug-likeness (QED) is 0.225. The smallest absolute Gasteiger partial charge is 0.411 e. The molecule has 0 aromatic heterocycles. The van der Waals surface area contributed by atoms with Gasteiger partial charge in [-0.2, -0.15) is 35.1 Å². The maximum atomic E-state index is 14.5. The number of rotatable bonds is 6. The first-order chi connectivity index (χ1) is 17.1. The van der Waals surface area contributed by atoms with Crippen molar-refractivity contribution in [2.75, 3.05) is 0 Å². The molecule has 0 aliphatic carbocycles. The lowest BCUT2D eigenvalue weighted by atomic mass is 9.72. The topological polar surface area (TPSA) is 9.23 Å². The minimum Gasteiger partial charge on any atom is -0.451 e. The summed E-state index contributed by atoms with van der Waals surface area (Å²) < 4.78 is 148. The van der Waals surface area contributed by atoms with E-state index in [9.17, 15) is 43.9 Å². The van der Waals surface area contributed by atoms with E-state index in [-0.39, 0.29) is 6.42 Å². The monoisotopic (exact) mass is 538 g/mol. The molecule has 1 unspecified atom stereocenters. The lowest BCUT2D eigenvalue weighted by molar-refractivity contribution is -0.288. The second kappa shape index (κ2) is 9.90. The van der Waals surface area contributed by atoms with Gasteiger partial charge in [-0.15, -0.1) is 0 Å². The van der Waals surface area contributed by atoms with E-state index in [2.05, 4.69) is 0 Å². The molecule has 0 heterocycles. The van der Waals surface area contributed by atoms with Crippen molar-refractivity contribution in [1.29, 1.82) is 0 Å². The van der Waals surface area contributed by atoms with Crippen LogP contribution < -0.4 is 4.74 Å². The van der Waals surface area contributed by atoms with E-state index in [1.165, 1.54) is 20.8 Å². The molecule has 200 valence electrons. The second-order valence-corrected chi connectivity index (χ2v) is 8.55. The van der Waals surface area contributed by atoms with Gasteiger partial charge in [-0.1, -0.05) is 55.8 Å². The first-order valence-corrected chi connectivity index (χ1v) is 10.9. The molecule has 11 heteroatoms. The van der Waals surface area contributed by atoms with Gasteiger partial charge in [0.25, 0.3) is 0 Å². The molecule has 0 spiro atoms. The molecule has 0 fully saturated rings. The van der Waals surface area contributed by atoms with Gasteiger partial charge in [0.2, 0.25) is 22.8 Å². The van der Waals surface area contributed by atoms with E-state index in [0.29, 0.717) is 42.0 Å². The Hall–Kier alpha value is -3.24. The molecule has 1 atom stereocenters. The fraction of sp³-hybridized carbons (Fsp3) is 0.308. The summed E-state index contributed by atoms with van der Waals surface area (Å²) in [4.78, 5) is 0. The van der Waals surface area contributed by atoms with Crippen LogP contribution in [-0.4, -0.2) is 12.4 Å². The molecule has 0 saturated heterocycles. The molecule has 3 aromatic rings. The first-order valence-electron chi connectivity index (χ1n) is 10.9. The van der Waals surface area contributed by atoms with E-state index in [1.807, 2.05) is 0 Å². The average Bonchev–Trinajstić information content (AvgIpc) is 2.81. The minimum absolute atomic E-state index is 0.148. The molecule has 0 N–H and O–H groups in total. The van der Waals surface area contributed by atoms with Crippen LogP contribution in [0.3, 0.4) is 0 Å². The third kappa shape index (κ3) is 4.75. The summed E-state index contributed by atoms with van der Waals surface area (Å²) in [6.45, 7) is 4.35. The number of aryl methyl sites for hydroxylation is 1. The van der Waals surface area contributed by atoms with E-state index >= 15 is 0 Å². The van der Waals surface area contributed by atoms with Gasteiger partial charge in [0.05, 0.1) is 0 Å². The molecule has 0 radical (unpaired) electrons. The maximum Gasteiger partial charge on any atom is 0.411 e. The predicted molar refractivity (Wildman–Crippen MR) is 116 cm³/mol. The van der Waals surface area contributed by atoms with Gasteiger partial charge in [-0.25, -0.2) is 8.78 Å². The number of hydrogen-bond acceptors (Lipinski definition) is 1. The van der Waals surface area contributed by atoms with E-state index < -0.39 is 75.1 Å². The van der Waals surface area contributed by atoms with Gasteiger partial charge in [0, 0.05) is 5.56 Å². The van der Waals surface area contributed by atoms with Gasteiger partial charge in [0.15, 0.2) is 11.6 Å². The van der Waals surface area contributed by atoms with Crippen LogP contribution in [0.25, 0.3) is 0 Å². The lowest BCUT2D eigenvalue weighted by Gasteiger charge is -2.38. The molecule has 3 rings (SSSR count). The molecule has 37 heavy (non-hydrogen) atoms. The Kier molecular flexibility index (Phi) is 7.58. The van der Waals surface area contributed by atoms with E-state index in [1.54, 1.807) is 0 Å². The Bertz CT molecular complexity index is 1220. The van der Waals surface area contributed by atoms with E-state index in [0.717, 1.165) is 12.1 Å². The van der Waals surface area contributed by atoms with Crippen molar-refractivity contribution < 1.29 is 48.6 Å². The zero-order valence-corrected chi connectivity index (χ0v) is 19.6. The van der Waals surface area contributed by atoms with Gasteiger partial charge >= 0.3 is 12.4 Å². The average molecular weight is 538 g/mol. The van der Waals surface area contributed by atoms with Gasteiger partial charge in [-0.3, -0.25) is 0 Å². The second-order valence-electron chi connectivity index (χ2n) is 8.55. The van der Waals surface area contributed by atoms with Crippen LogP contribution in [0.15, 0.2) is 48.5 Å². The summed E-state index contributed by atoms with van der Waals surface area (Å²) in [6.07, 6.45) is -11.5. The molecule has 0 amide bonds. The zero-order valence-electron chi connectivity index (χ0n) is 19.6. The van der Waals surface area contributed by atoms with Gasteiger partial charge in [0.1, 0.15) is 5.75 Å². The largest absolute Gasteiger partial charge is 0.451 e. The number of ether oxygens (including phenoxy) is 1. The molecular formula is C26H20F10O. The van der Waals surface area contributed by atoms with Crippen LogP contribution in [-0.2, 0) is 5.41 Å². The summed E-state index contributed by atoms with van der Waals surface area (Å²) in [6, 6.07) is 5.62. The van der Waals surface area contributed by atoms with Gasteiger partial charge < -0.3 is 4.74 Å². The predicted octanol–water partition coefficient (Wildman–Crippen LogP) is 9.27. The molecule has 0 bridgehead atoms. The third-order valence-corrected chi connectivity index (χ3v) is 6.20. The highest BCUT2D eigenvalue weighted by molar-refractivity contribution is 5.47. The Labute approximate surface area is 205 Å². The Morgan fingerprint density at radius 3 is 1.46 bits per heavy atom. The third-order valence-electron chi connectivity index (χ3n) is 6.20. The SMILES string of the molecule is CCC(C)c1c(F)c(F)c(Oc2ccc(C(c3ccc(C)cc3)(C(F)(F)F)C(F)(F)F)cc2)c(F)c1F. The van der Waals surface area contributed by atoms with Crippen LogP contribution >= 0.6 is 0 Å². The van der Waals surface area contributed by atoms with Gasteiger partial charge in [-0.05, 0) is 42.5 Å². The van der Waals surface area contributed by atoms with Crippen LogP contribution in [0, 0.1) is 30.2 Å². The fourth-order valence-electron chi connectivity index (χ4n) is 4.03. The number of benzene rings is 3. The molecule has 3 aromatic carbocycles. The molecular weight excluding hydrogens is 518 g/mol. The van der Waals surface area contributed by atoms with Crippen LogP contribution in [0.2, 0.25) is 0 Å². The summed E-state index contributed by atoms with van der Waals surface area (Å²) in [5.74, 6) is -10.3. The highest BCUT2D eigenvalue weighted by Crippen LogP contribution is 2.56. The van der Waals surface area contributed by atoms with Crippen LogP contribution in [0.5, 0.6) is 11.5 Å². The van der Waals surface area contributed by atoms with Crippen LogP contribution in [0.4, 0.5) is 43.9 Å². The van der Waals surface area contributed by atoms with Crippen molar-refractivity contribution in [2.24, 2.45) is 0 Å². The lowest BCUT2D eigenvalue weighted by Crippen LogP contribution is -2.54. The highest BCUT2D eigenvalue weighted by atomic mass is 19.4. The Morgan fingerprint density at radius 2 is 1.08 bits per heavy atom. The Balaban J connectivity index is 2.13. The maximum absolute atomic E-state index is 14.5. The summed E-state index contributed by atoms with van der Waals surface area (Å²) in [5.41, 5.74) is -7.23. The zero-order chi connectivity index (χ0) is 27.9. The van der Waals surface area contributed by atoms with Crippen molar-refractivity contribution in [3.8, 4) is 11.5 Å². The van der Waals surface area contributed by atoms with Crippen LogP contribution in [0.1, 0.15) is 48.4 Å². The van der Waals surface area contributed by atoms with Crippen molar-refractivity contribution in [3.63, 3.8) is 0 Å². The molecule has 1 nitrogen and oxygen atoms in total. The Morgan fingerprint density at radius 1 is 0.676 bits per heavy atom.